The zero-order chi connectivity index (χ0) is 15.7. The van der Waals surface area contributed by atoms with Gasteiger partial charge in [0.2, 0.25) is 0 Å². The molecule has 0 aliphatic rings. The lowest BCUT2D eigenvalue weighted by Crippen LogP contribution is -2.15. The van der Waals surface area contributed by atoms with Crippen molar-refractivity contribution in [3.8, 4) is 5.75 Å². The molecule has 0 radical (unpaired) electrons. The fourth-order valence-electron chi connectivity index (χ4n) is 3.19. The molecule has 1 heterocycles. The molecule has 0 bridgehead atoms. The van der Waals surface area contributed by atoms with Gasteiger partial charge in [0.25, 0.3) is 0 Å². The number of aromatic hydroxyl groups is 1. The van der Waals surface area contributed by atoms with Gasteiger partial charge in [0.1, 0.15) is 5.75 Å². The van der Waals surface area contributed by atoms with Crippen molar-refractivity contribution < 1.29 is 5.11 Å². The predicted octanol–water partition coefficient (Wildman–Crippen LogP) is 3.48. The first-order valence-electron chi connectivity index (χ1n) is 7.63. The highest BCUT2D eigenvalue weighted by Gasteiger charge is 2.17. The van der Waals surface area contributed by atoms with Crippen molar-refractivity contribution in [3.05, 3.63) is 65.4 Å². The first kappa shape index (κ1) is 14.7. The normalized spacial score (nSPS) is 12.7. The molecular weight excluding hydrogens is 272 g/mol. The van der Waals surface area contributed by atoms with E-state index in [0.29, 0.717) is 12.3 Å². The van der Waals surface area contributed by atoms with Gasteiger partial charge in [0.05, 0.1) is 0 Å². The highest BCUT2D eigenvalue weighted by Crippen LogP contribution is 2.30. The minimum Gasteiger partial charge on any atom is -0.508 e. The van der Waals surface area contributed by atoms with Gasteiger partial charge in [-0.3, -0.25) is 0 Å². The van der Waals surface area contributed by atoms with Crippen LogP contribution in [0.3, 0.4) is 0 Å². The molecule has 0 saturated heterocycles. The summed E-state index contributed by atoms with van der Waals surface area (Å²) in [5, 5.41) is 10.8. The maximum Gasteiger partial charge on any atom is 0.115 e. The Hall–Kier alpha value is -2.26. The van der Waals surface area contributed by atoms with Gasteiger partial charge in [-0.1, -0.05) is 30.3 Å². The molecule has 0 fully saturated rings. The number of aromatic nitrogens is 1. The second-order valence-corrected chi connectivity index (χ2v) is 5.87. The molecule has 3 heteroatoms. The lowest BCUT2D eigenvalue weighted by atomic mass is 9.91. The average Bonchev–Trinajstić information content (AvgIpc) is 2.78. The molecule has 3 aromatic rings. The summed E-state index contributed by atoms with van der Waals surface area (Å²) in [6, 6.07) is 15.9. The highest BCUT2D eigenvalue weighted by molar-refractivity contribution is 5.85. The Morgan fingerprint density at radius 3 is 2.45 bits per heavy atom. The van der Waals surface area contributed by atoms with E-state index in [9.17, 15) is 5.11 Å². The van der Waals surface area contributed by atoms with E-state index in [0.717, 1.165) is 6.42 Å². The van der Waals surface area contributed by atoms with Crippen molar-refractivity contribution in [3.63, 3.8) is 0 Å². The molecule has 1 unspecified atom stereocenters. The Bertz CT molecular complexity index is 787. The molecule has 0 saturated carbocycles. The molecule has 3 nitrogen and oxygen atoms in total. The summed E-state index contributed by atoms with van der Waals surface area (Å²) in [6.07, 6.45) is 0.911. The molecule has 3 N–H and O–H groups in total. The van der Waals surface area contributed by atoms with Gasteiger partial charge >= 0.3 is 0 Å². The Labute approximate surface area is 131 Å². The standard InChI is InChI=1S/C19H22N2O/c1-13-18(17-5-3-4-6-19(17)21(13)2)11-15(12-20)14-7-9-16(22)10-8-14/h3-10,15,22H,11-12,20H2,1-2H3. The molecule has 114 valence electrons. The number of nitrogens with two attached hydrogens (primary N) is 1. The number of phenols is 1. The number of rotatable bonds is 4. The fourth-order valence-corrected chi connectivity index (χ4v) is 3.19. The van der Waals surface area contributed by atoms with E-state index in [4.69, 9.17) is 5.73 Å². The van der Waals surface area contributed by atoms with Gasteiger partial charge in [0.15, 0.2) is 0 Å². The molecule has 2 aromatic carbocycles. The van der Waals surface area contributed by atoms with Crippen LogP contribution >= 0.6 is 0 Å². The van der Waals surface area contributed by atoms with Gasteiger partial charge in [-0.05, 0) is 49.2 Å². The third-order valence-corrected chi connectivity index (χ3v) is 4.63. The van der Waals surface area contributed by atoms with E-state index in [1.165, 1.54) is 27.7 Å². The van der Waals surface area contributed by atoms with Crippen LogP contribution in [0.5, 0.6) is 5.75 Å². The van der Waals surface area contributed by atoms with E-state index < -0.39 is 0 Å². The van der Waals surface area contributed by atoms with Crippen LogP contribution in [0, 0.1) is 6.92 Å². The second-order valence-electron chi connectivity index (χ2n) is 5.87. The van der Waals surface area contributed by atoms with Crippen molar-refractivity contribution >= 4 is 10.9 Å². The van der Waals surface area contributed by atoms with Crippen LogP contribution in [0.25, 0.3) is 10.9 Å². The van der Waals surface area contributed by atoms with Crippen molar-refractivity contribution in [2.24, 2.45) is 12.8 Å². The van der Waals surface area contributed by atoms with E-state index in [-0.39, 0.29) is 5.92 Å². The summed E-state index contributed by atoms with van der Waals surface area (Å²) in [4.78, 5) is 0. The fraction of sp³-hybridized carbons (Fsp3) is 0.263. The van der Waals surface area contributed by atoms with Crippen molar-refractivity contribution in [1.82, 2.24) is 4.57 Å². The van der Waals surface area contributed by atoms with Crippen LogP contribution in [0.2, 0.25) is 0 Å². The predicted molar refractivity (Wildman–Crippen MR) is 91.3 cm³/mol. The van der Waals surface area contributed by atoms with Crippen molar-refractivity contribution in [2.45, 2.75) is 19.3 Å². The smallest absolute Gasteiger partial charge is 0.115 e. The van der Waals surface area contributed by atoms with E-state index in [2.05, 4.69) is 42.8 Å². The number of fused-ring (bicyclic) bond motifs is 1. The molecule has 0 amide bonds. The number of nitrogens with zero attached hydrogens (tertiary/aromatic N) is 1. The minimum absolute atomic E-state index is 0.255. The highest BCUT2D eigenvalue weighted by atomic mass is 16.3. The summed E-state index contributed by atoms with van der Waals surface area (Å²) >= 11 is 0. The second kappa shape index (κ2) is 5.85. The number of hydrogen-bond acceptors (Lipinski definition) is 2. The molecule has 0 aliphatic heterocycles. The molecule has 22 heavy (non-hydrogen) atoms. The van der Waals surface area contributed by atoms with Crippen LogP contribution in [0.1, 0.15) is 22.7 Å². The molecule has 1 atom stereocenters. The lowest BCUT2D eigenvalue weighted by molar-refractivity contribution is 0.475. The van der Waals surface area contributed by atoms with Gasteiger partial charge in [-0.25, -0.2) is 0 Å². The maximum atomic E-state index is 9.46. The Kier molecular flexibility index (Phi) is 3.90. The minimum atomic E-state index is 0.255. The lowest BCUT2D eigenvalue weighted by Gasteiger charge is -2.16. The van der Waals surface area contributed by atoms with Gasteiger partial charge in [0, 0.05) is 29.6 Å². The summed E-state index contributed by atoms with van der Waals surface area (Å²) in [5.41, 5.74) is 11.1. The molecule has 0 spiro atoms. The quantitative estimate of drug-likeness (QED) is 0.774. The van der Waals surface area contributed by atoms with Crippen molar-refractivity contribution in [1.29, 1.82) is 0 Å². The summed E-state index contributed by atoms with van der Waals surface area (Å²) in [5.74, 6) is 0.547. The molecule has 3 rings (SSSR count). The summed E-state index contributed by atoms with van der Waals surface area (Å²) < 4.78 is 2.25. The average molecular weight is 294 g/mol. The molecule has 0 aliphatic carbocycles. The van der Waals surface area contributed by atoms with Crippen LogP contribution in [-0.2, 0) is 13.5 Å². The van der Waals surface area contributed by atoms with Crippen LogP contribution in [0.4, 0.5) is 0 Å². The van der Waals surface area contributed by atoms with E-state index >= 15 is 0 Å². The van der Waals surface area contributed by atoms with Gasteiger partial charge in [-0.15, -0.1) is 0 Å². The summed E-state index contributed by atoms with van der Waals surface area (Å²) in [6.45, 7) is 2.76. The zero-order valence-electron chi connectivity index (χ0n) is 13.1. The van der Waals surface area contributed by atoms with Crippen LogP contribution < -0.4 is 5.73 Å². The Balaban J connectivity index is 2.01. The number of phenolic OH excluding ortho intramolecular Hbond substituents is 1. The zero-order valence-corrected chi connectivity index (χ0v) is 13.1. The Morgan fingerprint density at radius 1 is 1.09 bits per heavy atom. The topological polar surface area (TPSA) is 51.2 Å². The first-order valence-corrected chi connectivity index (χ1v) is 7.63. The van der Waals surface area contributed by atoms with Crippen LogP contribution in [0.15, 0.2) is 48.5 Å². The Morgan fingerprint density at radius 2 is 1.77 bits per heavy atom. The van der Waals surface area contributed by atoms with Gasteiger partial charge < -0.3 is 15.4 Å². The van der Waals surface area contributed by atoms with Gasteiger partial charge in [-0.2, -0.15) is 0 Å². The monoisotopic (exact) mass is 294 g/mol. The summed E-state index contributed by atoms with van der Waals surface area (Å²) in [7, 11) is 2.11. The number of aryl methyl sites for hydroxylation is 1. The van der Waals surface area contributed by atoms with E-state index in [1.807, 2.05) is 12.1 Å². The number of para-hydroxylation sites is 1. The number of benzene rings is 2. The molecule has 1 aromatic heterocycles. The van der Waals surface area contributed by atoms with E-state index in [1.54, 1.807) is 12.1 Å². The SMILES string of the molecule is Cc1c(CC(CN)c2ccc(O)cc2)c2ccccc2n1C. The number of hydrogen-bond donors (Lipinski definition) is 2. The maximum absolute atomic E-state index is 9.46. The molecular formula is C19H22N2O. The third-order valence-electron chi connectivity index (χ3n) is 4.63. The largest absolute Gasteiger partial charge is 0.508 e. The van der Waals surface area contributed by atoms with Crippen LogP contribution in [-0.4, -0.2) is 16.2 Å². The third kappa shape index (κ3) is 2.48. The van der Waals surface area contributed by atoms with Crippen molar-refractivity contribution in [2.75, 3.05) is 6.54 Å². The first-order chi connectivity index (χ1) is 10.6.